The summed E-state index contributed by atoms with van der Waals surface area (Å²) in [6.07, 6.45) is 1.22. The van der Waals surface area contributed by atoms with E-state index >= 15 is 0 Å². The first-order valence-corrected chi connectivity index (χ1v) is 6.76. The highest BCUT2D eigenvalue weighted by Gasteiger charge is 2.19. The van der Waals surface area contributed by atoms with Gasteiger partial charge in [-0.2, -0.15) is 0 Å². The Morgan fingerprint density at radius 2 is 2.00 bits per heavy atom. The minimum absolute atomic E-state index is 0.170. The minimum Gasteiger partial charge on any atom is -0.497 e. The number of hydrogen-bond donors (Lipinski definition) is 1. The smallest absolute Gasteiger partial charge is 0.141 e. The van der Waals surface area contributed by atoms with Gasteiger partial charge in [0.2, 0.25) is 0 Å². The van der Waals surface area contributed by atoms with Crippen LogP contribution in [0.1, 0.15) is 24.2 Å². The normalized spacial score (nSPS) is 12.0. The van der Waals surface area contributed by atoms with E-state index < -0.39 is 0 Å². The third kappa shape index (κ3) is 3.49. The summed E-state index contributed by atoms with van der Waals surface area (Å²) < 4.78 is 23.7. The molecule has 21 heavy (non-hydrogen) atoms. The molecule has 1 atom stereocenters. The van der Waals surface area contributed by atoms with Crippen molar-refractivity contribution in [1.29, 1.82) is 0 Å². The number of benzene rings is 1. The van der Waals surface area contributed by atoms with Crippen LogP contribution in [0.4, 0.5) is 4.39 Å². The third-order valence-electron chi connectivity index (χ3n) is 3.21. The lowest BCUT2D eigenvalue weighted by Gasteiger charge is -2.20. The summed E-state index contributed by atoms with van der Waals surface area (Å²) in [6.45, 7) is 2.76. The van der Waals surface area contributed by atoms with Gasteiger partial charge in [-0.25, -0.2) is 4.39 Å². The van der Waals surface area contributed by atoms with Crippen LogP contribution in [0, 0.1) is 5.82 Å². The first kappa shape index (κ1) is 15.3. The van der Waals surface area contributed by atoms with E-state index in [0.717, 1.165) is 23.6 Å². The number of halogens is 1. The van der Waals surface area contributed by atoms with E-state index in [2.05, 4.69) is 10.3 Å². The molecule has 1 aromatic heterocycles. The van der Waals surface area contributed by atoms with Crippen molar-refractivity contribution in [3.05, 3.63) is 53.6 Å². The Morgan fingerprint density at radius 1 is 1.19 bits per heavy atom. The fraction of sp³-hybridized carbons (Fsp3) is 0.312. The molecule has 1 aromatic carbocycles. The van der Waals surface area contributed by atoms with Gasteiger partial charge >= 0.3 is 0 Å². The second-order valence-corrected chi connectivity index (χ2v) is 4.50. The zero-order valence-electron chi connectivity index (χ0n) is 12.4. The van der Waals surface area contributed by atoms with Crippen LogP contribution in [0.15, 0.2) is 36.5 Å². The zero-order valence-corrected chi connectivity index (χ0v) is 12.4. The van der Waals surface area contributed by atoms with Crippen molar-refractivity contribution in [3.63, 3.8) is 0 Å². The van der Waals surface area contributed by atoms with Crippen molar-refractivity contribution in [2.75, 3.05) is 20.8 Å². The molecular weight excluding hydrogens is 271 g/mol. The monoisotopic (exact) mass is 290 g/mol. The number of hydrogen-bond acceptors (Lipinski definition) is 4. The molecule has 0 amide bonds. The number of methoxy groups -OCH3 is 2. The fourth-order valence-electron chi connectivity index (χ4n) is 2.19. The maximum Gasteiger partial charge on any atom is 0.141 e. The lowest BCUT2D eigenvalue weighted by molar-refractivity contribution is 0.387. The maximum absolute atomic E-state index is 13.1. The van der Waals surface area contributed by atoms with Crippen molar-refractivity contribution in [1.82, 2.24) is 10.3 Å². The lowest BCUT2D eigenvalue weighted by atomic mass is 10.0. The van der Waals surface area contributed by atoms with Gasteiger partial charge in [0.05, 0.1) is 32.2 Å². The average Bonchev–Trinajstić information content (AvgIpc) is 2.53. The van der Waals surface area contributed by atoms with Crippen LogP contribution in [0.5, 0.6) is 11.5 Å². The Labute approximate surface area is 123 Å². The van der Waals surface area contributed by atoms with Crippen molar-refractivity contribution < 1.29 is 13.9 Å². The first-order chi connectivity index (χ1) is 10.2. The number of ether oxygens (including phenoxy) is 2. The summed E-state index contributed by atoms with van der Waals surface area (Å²) >= 11 is 0. The fourth-order valence-corrected chi connectivity index (χ4v) is 2.19. The molecular formula is C16H19FN2O2. The Kier molecular flexibility index (Phi) is 5.11. The summed E-state index contributed by atoms with van der Waals surface area (Å²) in [5.74, 6) is 1.07. The molecule has 2 rings (SSSR count). The number of aromatic nitrogens is 1. The Morgan fingerprint density at radius 3 is 2.57 bits per heavy atom. The molecule has 1 N–H and O–H groups in total. The van der Waals surface area contributed by atoms with Crippen LogP contribution in [0.2, 0.25) is 0 Å². The highest BCUT2D eigenvalue weighted by Crippen LogP contribution is 2.32. The molecule has 112 valence electrons. The SMILES string of the molecule is CCNC(c1ccc(F)cn1)c1ccc(OC)cc1OC. The van der Waals surface area contributed by atoms with E-state index in [1.807, 2.05) is 25.1 Å². The Balaban J connectivity index is 2.44. The van der Waals surface area contributed by atoms with Gasteiger partial charge < -0.3 is 14.8 Å². The largest absolute Gasteiger partial charge is 0.497 e. The zero-order chi connectivity index (χ0) is 15.2. The van der Waals surface area contributed by atoms with Gasteiger partial charge in [0, 0.05) is 11.6 Å². The van der Waals surface area contributed by atoms with Crippen LogP contribution in [-0.4, -0.2) is 25.7 Å². The van der Waals surface area contributed by atoms with Crippen molar-refractivity contribution in [3.8, 4) is 11.5 Å². The van der Waals surface area contributed by atoms with Gasteiger partial charge in [0.25, 0.3) is 0 Å². The number of rotatable bonds is 6. The van der Waals surface area contributed by atoms with Crippen LogP contribution in [0.3, 0.4) is 0 Å². The van der Waals surface area contributed by atoms with Crippen LogP contribution in [0.25, 0.3) is 0 Å². The summed E-state index contributed by atoms with van der Waals surface area (Å²) in [7, 11) is 3.22. The molecule has 0 fully saturated rings. The molecule has 2 aromatic rings. The predicted octanol–water partition coefficient (Wildman–Crippen LogP) is 2.94. The van der Waals surface area contributed by atoms with E-state index in [-0.39, 0.29) is 11.9 Å². The molecule has 0 bridgehead atoms. The van der Waals surface area contributed by atoms with Crippen molar-refractivity contribution in [2.45, 2.75) is 13.0 Å². The lowest BCUT2D eigenvalue weighted by Crippen LogP contribution is -2.23. The summed E-state index contributed by atoms with van der Waals surface area (Å²) in [4.78, 5) is 4.17. The molecule has 5 heteroatoms. The van der Waals surface area contributed by atoms with E-state index in [1.54, 1.807) is 20.3 Å². The molecule has 4 nitrogen and oxygen atoms in total. The third-order valence-corrected chi connectivity index (χ3v) is 3.21. The highest BCUT2D eigenvalue weighted by atomic mass is 19.1. The van der Waals surface area contributed by atoms with Gasteiger partial charge in [0.1, 0.15) is 17.3 Å². The minimum atomic E-state index is -0.351. The van der Waals surface area contributed by atoms with E-state index in [4.69, 9.17) is 9.47 Å². The van der Waals surface area contributed by atoms with Gasteiger partial charge in [-0.1, -0.05) is 6.92 Å². The molecule has 1 heterocycles. The molecule has 0 saturated heterocycles. The number of nitrogens with zero attached hydrogens (tertiary/aromatic N) is 1. The van der Waals surface area contributed by atoms with Crippen LogP contribution in [-0.2, 0) is 0 Å². The standard InChI is InChI=1S/C16H19FN2O2/c1-4-18-16(14-8-5-11(17)10-19-14)13-7-6-12(20-2)9-15(13)21-3/h5-10,16,18H,4H2,1-3H3. The quantitative estimate of drug-likeness (QED) is 0.888. The van der Waals surface area contributed by atoms with Gasteiger partial charge in [-0.3, -0.25) is 4.98 Å². The van der Waals surface area contributed by atoms with Crippen LogP contribution < -0.4 is 14.8 Å². The van der Waals surface area contributed by atoms with E-state index in [0.29, 0.717) is 5.75 Å². The second kappa shape index (κ2) is 7.04. The van der Waals surface area contributed by atoms with Crippen molar-refractivity contribution >= 4 is 0 Å². The average molecular weight is 290 g/mol. The molecule has 0 radical (unpaired) electrons. The van der Waals surface area contributed by atoms with Gasteiger partial charge in [-0.05, 0) is 30.8 Å². The topological polar surface area (TPSA) is 43.4 Å². The molecule has 0 aliphatic carbocycles. The molecule has 1 unspecified atom stereocenters. The predicted molar refractivity (Wildman–Crippen MR) is 79.3 cm³/mol. The van der Waals surface area contributed by atoms with E-state index in [9.17, 15) is 4.39 Å². The Hall–Kier alpha value is -2.14. The molecule has 0 aliphatic heterocycles. The van der Waals surface area contributed by atoms with Gasteiger partial charge in [-0.15, -0.1) is 0 Å². The molecule has 0 saturated carbocycles. The summed E-state index contributed by atoms with van der Waals surface area (Å²) in [5.41, 5.74) is 1.67. The number of nitrogens with one attached hydrogen (secondary N) is 1. The Bertz CT molecular complexity index is 587. The molecule has 0 spiro atoms. The molecule has 0 aliphatic rings. The highest BCUT2D eigenvalue weighted by molar-refractivity contribution is 5.45. The van der Waals surface area contributed by atoms with E-state index in [1.165, 1.54) is 12.3 Å². The maximum atomic E-state index is 13.1. The second-order valence-electron chi connectivity index (χ2n) is 4.50. The summed E-state index contributed by atoms with van der Waals surface area (Å²) in [5, 5.41) is 3.34. The first-order valence-electron chi connectivity index (χ1n) is 6.76. The van der Waals surface area contributed by atoms with Gasteiger partial charge in [0.15, 0.2) is 0 Å². The summed E-state index contributed by atoms with van der Waals surface area (Å²) in [6, 6.07) is 8.52. The van der Waals surface area contributed by atoms with Crippen molar-refractivity contribution in [2.24, 2.45) is 0 Å². The number of pyridine rings is 1. The van der Waals surface area contributed by atoms with Crippen LogP contribution >= 0.6 is 0 Å².